The van der Waals surface area contributed by atoms with Gasteiger partial charge in [-0.3, -0.25) is 0 Å². The highest BCUT2D eigenvalue weighted by molar-refractivity contribution is 6.51. The molecule has 0 aromatic rings. The average Bonchev–Trinajstić information content (AvgIpc) is 2.42. The third-order valence-electron chi connectivity index (χ3n) is 2.23. The maximum Gasteiger partial charge on any atom is 0.488 e. The molecule has 5 heteroatoms. The Labute approximate surface area is 76.6 Å². The van der Waals surface area contributed by atoms with Crippen molar-refractivity contribution in [3.8, 4) is 0 Å². The van der Waals surface area contributed by atoms with Crippen molar-refractivity contribution >= 4 is 7.12 Å². The Bertz CT molecular complexity index is 259. The highest BCUT2D eigenvalue weighted by Gasteiger charge is 2.27. The molecular weight excluding hydrogens is 171 g/mol. The monoisotopic (exact) mass is 182 g/mol. The van der Waals surface area contributed by atoms with Gasteiger partial charge in [-0.15, -0.1) is 0 Å². The van der Waals surface area contributed by atoms with Gasteiger partial charge in [0.05, 0.1) is 0 Å². The largest absolute Gasteiger partial charge is 0.488 e. The van der Waals surface area contributed by atoms with E-state index in [1.54, 1.807) is 12.2 Å². The third kappa shape index (κ3) is 1.77. The highest BCUT2D eigenvalue weighted by Crippen LogP contribution is 2.26. The number of hydrogen-bond acceptors (Lipinski definition) is 4. The van der Waals surface area contributed by atoms with Crippen LogP contribution in [0.15, 0.2) is 23.4 Å². The van der Waals surface area contributed by atoms with Crippen molar-refractivity contribution in [3.63, 3.8) is 0 Å². The lowest BCUT2D eigenvalue weighted by atomic mass is 9.79. The van der Waals surface area contributed by atoms with Crippen LogP contribution < -0.4 is 0 Å². The lowest BCUT2D eigenvalue weighted by molar-refractivity contribution is 0.0473. The van der Waals surface area contributed by atoms with Crippen LogP contribution in [0.25, 0.3) is 0 Å². The minimum Gasteiger partial charge on any atom is -0.469 e. The molecule has 1 saturated heterocycles. The molecule has 4 nitrogen and oxygen atoms in total. The van der Waals surface area contributed by atoms with E-state index in [2.05, 4.69) is 0 Å². The van der Waals surface area contributed by atoms with Gasteiger partial charge in [-0.05, 0) is 24.4 Å². The molecule has 1 fully saturated rings. The van der Waals surface area contributed by atoms with E-state index in [1.807, 2.05) is 0 Å². The van der Waals surface area contributed by atoms with Crippen LogP contribution in [0.1, 0.15) is 12.8 Å². The van der Waals surface area contributed by atoms with Crippen LogP contribution >= 0.6 is 0 Å². The van der Waals surface area contributed by atoms with Crippen LogP contribution in [0.3, 0.4) is 0 Å². The molecule has 0 aromatic heterocycles. The topological polar surface area (TPSA) is 58.9 Å². The quantitative estimate of drug-likeness (QED) is 0.559. The van der Waals surface area contributed by atoms with E-state index >= 15 is 0 Å². The number of ether oxygens (including phenoxy) is 2. The Morgan fingerprint density at radius 3 is 3.08 bits per heavy atom. The van der Waals surface area contributed by atoms with Crippen LogP contribution in [0.4, 0.5) is 0 Å². The van der Waals surface area contributed by atoms with Gasteiger partial charge in [0.25, 0.3) is 0 Å². The lowest BCUT2D eigenvalue weighted by Gasteiger charge is -2.03. The zero-order valence-electron chi connectivity index (χ0n) is 7.14. The molecule has 13 heavy (non-hydrogen) atoms. The number of fused-ring (bicyclic) bond motifs is 1. The predicted octanol–water partition coefficient (Wildman–Crippen LogP) is -0.0246. The van der Waals surface area contributed by atoms with E-state index in [9.17, 15) is 0 Å². The predicted molar refractivity (Wildman–Crippen MR) is 46.4 cm³/mol. The first kappa shape index (κ1) is 8.81. The molecule has 0 amide bonds. The van der Waals surface area contributed by atoms with Crippen LogP contribution in [-0.4, -0.2) is 30.1 Å². The number of rotatable bonds is 1. The Balaban J connectivity index is 2.20. The van der Waals surface area contributed by atoms with Gasteiger partial charge >= 0.3 is 7.12 Å². The van der Waals surface area contributed by atoms with E-state index < -0.39 is 7.12 Å². The van der Waals surface area contributed by atoms with Gasteiger partial charge in [0.2, 0.25) is 0 Å². The molecule has 0 saturated carbocycles. The van der Waals surface area contributed by atoms with Crippen molar-refractivity contribution < 1.29 is 19.5 Å². The molecule has 1 aliphatic heterocycles. The standard InChI is InChI=1S/C8H11BO4/c10-9(11)6-2-1-3-7-8(4-6)13-5-12-7/h2,4,7,10-11H,1,3,5H2. The second kappa shape index (κ2) is 3.53. The SMILES string of the molecule is OB(O)C1=CCCC2OCOC2=C1. The Morgan fingerprint density at radius 1 is 1.46 bits per heavy atom. The van der Waals surface area contributed by atoms with Gasteiger partial charge in [-0.2, -0.15) is 0 Å². The smallest absolute Gasteiger partial charge is 0.469 e. The summed E-state index contributed by atoms with van der Waals surface area (Å²) in [6.45, 7) is 0.269. The Hall–Kier alpha value is -0.775. The zero-order valence-corrected chi connectivity index (χ0v) is 7.14. The summed E-state index contributed by atoms with van der Waals surface area (Å²) in [6.07, 6.45) is 5.05. The minimum atomic E-state index is -1.42. The van der Waals surface area contributed by atoms with Crippen LogP contribution in [-0.2, 0) is 9.47 Å². The van der Waals surface area contributed by atoms with Gasteiger partial charge in [0, 0.05) is 0 Å². The number of hydrogen-bond donors (Lipinski definition) is 2. The summed E-state index contributed by atoms with van der Waals surface area (Å²) in [5, 5.41) is 17.9. The van der Waals surface area contributed by atoms with Gasteiger partial charge < -0.3 is 19.5 Å². The average molecular weight is 182 g/mol. The first-order chi connectivity index (χ1) is 6.27. The van der Waals surface area contributed by atoms with E-state index in [-0.39, 0.29) is 12.9 Å². The van der Waals surface area contributed by atoms with Gasteiger partial charge in [-0.1, -0.05) is 6.08 Å². The Morgan fingerprint density at radius 2 is 2.31 bits per heavy atom. The summed E-state index contributed by atoms with van der Waals surface area (Å²) in [6, 6.07) is 0. The Kier molecular flexibility index (Phi) is 2.39. The fourth-order valence-corrected chi connectivity index (χ4v) is 1.52. The first-order valence-electron chi connectivity index (χ1n) is 4.29. The first-order valence-corrected chi connectivity index (χ1v) is 4.29. The van der Waals surface area contributed by atoms with Gasteiger partial charge in [0.15, 0.2) is 6.79 Å². The minimum absolute atomic E-state index is 0.00694. The van der Waals surface area contributed by atoms with Crippen molar-refractivity contribution in [2.45, 2.75) is 18.9 Å². The van der Waals surface area contributed by atoms with Gasteiger partial charge in [-0.25, -0.2) is 0 Å². The van der Waals surface area contributed by atoms with Crippen molar-refractivity contribution in [1.29, 1.82) is 0 Å². The summed E-state index contributed by atoms with van der Waals surface area (Å²) in [5.41, 5.74) is 0.489. The molecule has 1 heterocycles. The summed E-state index contributed by atoms with van der Waals surface area (Å²) in [7, 11) is -1.42. The second-order valence-electron chi connectivity index (χ2n) is 3.12. The zero-order chi connectivity index (χ0) is 9.26. The molecule has 0 aromatic carbocycles. The third-order valence-corrected chi connectivity index (χ3v) is 2.23. The number of allylic oxidation sites excluding steroid dienone is 3. The summed E-state index contributed by atoms with van der Waals surface area (Å²) < 4.78 is 10.5. The molecular formula is C8H11BO4. The molecule has 0 radical (unpaired) electrons. The van der Waals surface area contributed by atoms with Crippen LogP contribution in [0.2, 0.25) is 0 Å². The highest BCUT2D eigenvalue weighted by atomic mass is 16.7. The maximum absolute atomic E-state index is 8.97. The van der Waals surface area contributed by atoms with Crippen molar-refractivity contribution in [3.05, 3.63) is 23.4 Å². The van der Waals surface area contributed by atoms with Crippen LogP contribution in [0.5, 0.6) is 0 Å². The molecule has 70 valence electrons. The molecule has 0 spiro atoms. The molecule has 2 N–H and O–H groups in total. The van der Waals surface area contributed by atoms with Crippen molar-refractivity contribution in [2.75, 3.05) is 6.79 Å². The fraction of sp³-hybridized carbons (Fsp3) is 0.500. The molecule has 2 rings (SSSR count). The molecule has 2 aliphatic rings. The van der Waals surface area contributed by atoms with E-state index in [4.69, 9.17) is 19.5 Å². The van der Waals surface area contributed by atoms with Gasteiger partial charge in [0.1, 0.15) is 11.9 Å². The van der Waals surface area contributed by atoms with Crippen LogP contribution in [0, 0.1) is 0 Å². The molecule has 1 unspecified atom stereocenters. The van der Waals surface area contributed by atoms with E-state index in [0.717, 1.165) is 12.8 Å². The molecule has 1 atom stereocenters. The summed E-state index contributed by atoms with van der Waals surface area (Å²) >= 11 is 0. The van der Waals surface area contributed by atoms with E-state index in [0.29, 0.717) is 11.2 Å². The maximum atomic E-state index is 8.97. The normalized spacial score (nSPS) is 26.8. The summed E-state index contributed by atoms with van der Waals surface area (Å²) in [4.78, 5) is 0. The second-order valence-corrected chi connectivity index (χ2v) is 3.12. The molecule has 1 aliphatic carbocycles. The molecule has 0 bridgehead atoms. The van der Waals surface area contributed by atoms with Crippen molar-refractivity contribution in [2.24, 2.45) is 0 Å². The fourth-order valence-electron chi connectivity index (χ4n) is 1.52. The van der Waals surface area contributed by atoms with Crippen molar-refractivity contribution in [1.82, 2.24) is 0 Å². The lowest BCUT2D eigenvalue weighted by Crippen LogP contribution is -2.14. The summed E-state index contributed by atoms with van der Waals surface area (Å²) in [5.74, 6) is 0.705. The van der Waals surface area contributed by atoms with E-state index in [1.165, 1.54) is 0 Å².